The normalized spacial score (nSPS) is 16.0. The molecule has 6 nitrogen and oxygen atoms in total. The van der Waals surface area contributed by atoms with Crippen LogP contribution in [0.2, 0.25) is 5.02 Å². The fourth-order valence-corrected chi connectivity index (χ4v) is 5.07. The Hall–Kier alpha value is -1.93. The molecule has 0 aromatic heterocycles. The minimum atomic E-state index is -3.56. The first-order valence-corrected chi connectivity index (χ1v) is 12.3. The SMILES string of the molecule is CC(C)N(C)S(=O)(=O)c1ccc(C(=O)N2CCCN(Cc3ccc(Cl)cc3)CC2)cc1. The lowest BCUT2D eigenvalue weighted by atomic mass is 10.2. The monoisotopic (exact) mass is 463 g/mol. The number of sulfonamides is 1. The largest absolute Gasteiger partial charge is 0.337 e. The van der Waals surface area contributed by atoms with Crippen LogP contribution in [0.25, 0.3) is 0 Å². The summed E-state index contributed by atoms with van der Waals surface area (Å²) < 4.78 is 26.6. The first-order chi connectivity index (χ1) is 14.7. The predicted molar refractivity (Wildman–Crippen MR) is 124 cm³/mol. The Morgan fingerprint density at radius 2 is 1.65 bits per heavy atom. The van der Waals surface area contributed by atoms with Crippen LogP contribution in [0.3, 0.4) is 0 Å². The summed E-state index contributed by atoms with van der Waals surface area (Å²) in [6.07, 6.45) is 0.894. The summed E-state index contributed by atoms with van der Waals surface area (Å²) in [5.74, 6) is -0.0606. The van der Waals surface area contributed by atoms with Crippen molar-refractivity contribution in [3.63, 3.8) is 0 Å². The maximum absolute atomic E-state index is 13.0. The predicted octanol–water partition coefficient (Wildman–Crippen LogP) is 3.72. The highest BCUT2D eigenvalue weighted by atomic mass is 35.5. The third-order valence-corrected chi connectivity index (χ3v) is 8.00. The lowest BCUT2D eigenvalue weighted by Gasteiger charge is -2.23. The molecule has 1 aliphatic rings. The molecule has 0 atom stereocenters. The molecule has 1 heterocycles. The van der Waals surface area contributed by atoms with E-state index in [-0.39, 0.29) is 16.8 Å². The van der Waals surface area contributed by atoms with Crippen LogP contribution < -0.4 is 0 Å². The van der Waals surface area contributed by atoms with Gasteiger partial charge in [0.05, 0.1) is 4.90 Å². The molecule has 0 saturated carbocycles. The average Bonchev–Trinajstić information content (AvgIpc) is 3.00. The maximum Gasteiger partial charge on any atom is 0.253 e. The Kier molecular flexibility index (Phi) is 7.75. The summed E-state index contributed by atoms with van der Waals surface area (Å²) in [5, 5.41) is 0.728. The Balaban J connectivity index is 1.63. The summed E-state index contributed by atoms with van der Waals surface area (Å²) in [6.45, 7) is 7.52. The topological polar surface area (TPSA) is 60.9 Å². The van der Waals surface area contributed by atoms with Crippen molar-refractivity contribution in [2.75, 3.05) is 33.2 Å². The van der Waals surface area contributed by atoms with Crippen molar-refractivity contribution in [3.05, 3.63) is 64.7 Å². The first-order valence-electron chi connectivity index (χ1n) is 10.5. The highest BCUT2D eigenvalue weighted by Gasteiger charge is 2.24. The van der Waals surface area contributed by atoms with E-state index in [9.17, 15) is 13.2 Å². The molecule has 1 fully saturated rings. The first kappa shape index (κ1) is 23.7. The lowest BCUT2D eigenvalue weighted by Crippen LogP contribution is -2.35. The second kappa shape index (κ2) is 10.1. The fourth-order valence-electron chi connectivity index (χ4n) is 3.58. The van der Waals surface area contributed by atoms with Gasteiger partial charge in [-0.05, 0) is 62.2 Å². The molecule has 1 saturated heterocycles. The molecule has 31 heavy (non-hydrogen) atoms. The van der Waals surface area contributed by atoms with Gasteiger partial charge in [0, 0.05) is 56.4 Å². The number of hydrogen-bond donors (Lipinski definition) is 0. The lowest BCUT2D eigenvalue weighted by molar-refractivity contribution is 0.0761. The van der Waals surface area contributed by atoms with Crippen molar-refractivity contribution in [1.29, 1.82) is 0 Å². The number of carbonyl (C=O) groups is 1. The number of halogens is 1. The number of hydrogen-bond acceptors (Lipinski definition) is 4. The number of nitrogens with zero attached hydrogens (tertiary/aromatic N) is 3. The number of carbonyl (C=O) groups excluding carboxylic acids is 1. The molecule has 2 aromatic carbocycles. The Morgan fingerprint density at radius 3 is 2.26 bits per heavy atom. The highest BCUT2D eigenvalue weighted by molar-refractivity contribution is 7.89. The van der Waals surface area contributed by atoms with E-state index < -0.39 is 10.0 Å². The summed E-state index contributed by atoms with van der Waals surface area (Å²) in [6, 6.07) is 14.0. The maximum atomic E-state index is 13.0. The van der Waals surface area contributed by atoms with Crippen molar-refractivity contribution in [2.24, 2.45) is 0 Å². The van der Waals surface area contributed by atoms with Gasteiger partial charge in [-0.25, -0.2) is 8.42 Å². The summed E-state index contributed by atoms with van der Waals surface area (Å²) in [5.41, 5.74) is 1.71. The van der Waals surface area contributed by atoms with Crippen molar-refractivity contribution in [2.45, 2.75) is 37.8 Å². The minimum Gasteiger partial charge on any atom is -0.337 e. The van der Waals surface area contributed by atoms with Crippen LogP contribution in [0.5, 0.6) is 0 Å². The van der Waals surface area contributed by atoms with Gasteiger partial charge in [-0.15, -0.1) is 0 Å². The molecule has 0 unspecified atom stereocenters. The molecule has 3 rings (SSSR count). The standard InChI is InChI=1S/C23H30ClN3O3S/c1-18(2)25(3)31(29,30)22-11-7-20(8-12-22)23(28)27-14-4-13-26(15-16-27)17-19-5-9-21(24)10-6-19/h5-12,18H,4,13-17H2,1-3H3. The summed E-state index contributed by atoms with van der Waals surface area (Å²) in [4.78, 5) is 17.4. The van der Waals surface area contributed by atoms with Crippen LogP contribution in [0, 0.1) is 0 Å². The van der Waals surface area contributed by atoms with Gasteiger partial charge in [-0.2, -0.15) is 4.31 Å². The highest BCUT2D eigenvalue weighted by Crippen LogP contribution is 2.19. The Labute approximate surface area is 190 Å². The van der Waals surface area contributed by atoms with E-state index in [4.69, 9.17) is 11.6 Å². The molecule has 0 aliphatic carbocycles. The Bertz CT molecular complexity index is 992. The molecule has 168 valence electrons. The molecule has 8 heteroatoms. The second-order valence-electron chi connectivity index (χ2n) is 8.19. The zero-order valence-corrected chi connectivity index (χ0v) is 19.9. The van der Waals surface area contributed by atoms with E-state index in [1.165, 1.54) is 22.0 Å². The van der Waals surface area contributed by atoms with Gasteiger partial charge in [-0.1, -0.05) is 23.7 Å². The molecule has 0 spiro atoms. The van der Waals surface area contributed by atoms with E-state index in [0.717, 1.165) is 31.1 Å². The van der Waals surface area contributed by atoms with Crippen LogP contribution >= 0.6 is 11.6 Å². The van der Waals surface area contributed by atoms with Gasteiger partial charge in [0.1, 0.15) is 0 Å². The van der Waals surface area contributed by atoms with Crippen LogP contribution in [0.1, 0.15) is 36.2 Å². The molecule has 0 bridgehead atoms. The quantitative estimate of drug-likeness (QED) is 0.655. The van der Waals surface area contributed by atoms with Crippen molar-refractivity contribution in [3.8, 4) is 0 Å². The van der Waals surface area contributed by atoms with Gasteiger partial charge in [0.2, 0.25) is 10.0 Å². The number of benzene rings is 2. The number of rotatable bonds is 6. The van der Waals surface area contributed by atoms with Crippen LogP contribution in [-0.2, 0) is 16.6 Å². The van der Waals surface area contributed by atoms with E-state index in [2.05, 4.69) is 4.90 Å². The van der Waals surface area contributed by atoms with Crippen molar-refractivity contribution >= 4 is 27.5 Å². The molecule has 1 amide bonds. The molecule has 0 radical (unpaired) electrons. The molecular weight excluding hydrogens is 434 g/mol. The van der Waals surface area contributed by atoms with E-state index >= 15 is 0 Å². The van der Waals surface area contributed by atoms with Crippen LogP contribution in [-0.4, -0.2) is 67.7 Å². The Morgan fingerprint density at radius 1 is 1.00 bits per heavy atom. The van der Waals surface area contributed by atoms with Gasteiger partial charge >= 0.3 is 0 Å². The summed E-state index contributed by atoms with van der Waals surface area (Å²) in [7, 11) is -2.00. The van der Waals surface area contributed by atoms with Crippen molar-refractivity contribution < 1.29 is 13.2 Å². The average molecular weight is 464 g/mol. The summed E-state index contributed by atoms with van der Waals surface area (Å²) >= 11 is 5.96. The van der Waals surface area contributed by atoms with Gasteiger partial charge in [-0.3, -0.25) is 9.69 Å². The molecule has 1 aliphatic heterocycles. The fraction of sp³-hybridized carbons (Fsp3) is 0.435. The second-order valence-corrected chi connectivity index (χ2v) is 10.6. The van der Waals surface area contributed by atoms with E-state index in [1.807, 2.05) is 43.0 Å². The smallest absolute Gasteiger partial charge is 0.253 e. The third kappa shape index (κ3) is 5.86. The zero-order valence-electron chi connectivity index (χ0n) is 18.3. The van der Waals surface area contributed by atoms with Crippen LogP contribution in [0.4, 0.5) is 0 Å². The van der Waals surface area contributed by atoms with Gasteiger partial charge < -0.3 is 4.90 Å². The minimum absolute atomic E-state index is 0.0606. The van der Waals surface area contributed by atoms with Gasteiger partial charge in [0.25, 0.3) is 5.91 Å². The molecule has 2 aromatic rings. The number of amides is 1. The van der Waals surface area contributed by atoms with E-state index in [0.29, 0.717) is 18.7 Å². The zero-order chi connectivity index (χ0) is 22.6. The van der Waals surface area contributed by atoms with Crippen LogP contribution in [0.15, 0.2) is 53.4 Å². The van der Waals surface area contributed by atoms with E-state index in [1.54, 1.807) is 19.2 Å². The molecular formula is C23H30ClN3O3S. The van der Waals surface area contributed by atoms with Crippen molar-refractivity contribution in [1.82, 2.24) is 14.1 Å². The molecule has 0 N–H and O–H groups in total. The third-order valence-electron chi connectivity index (χ3n) is 5.70. The van der Waals surface area contributed by atoms with Gasteiger partial charge in [0.15, 0.2) is 0 Å².